The van der Waals surface area contributed by atoms with E-state index >= 15 is 0 Å². The molecule has 0 aliphatic carbocycles. The Bertz CT molecular complexity index is 238. The van der Waals surface area contributed by atoms with Crippen LogP contribution in [0.15, 0.2) is 0 Å². The van der Waals surface area contributed by atoms with Crippen LogP contribution >= 0.6 is 0 Å². The number of nitrogens with two attached hydrogens (primary N) is 1. The minimum Gasteiger partial charge on any atom is -0.464 e. The van der Waals surface area contributed by atoms with Gasteiger partial charge in [0.2, 0.25) is 0 Å². The highest BCUT2D eigenvalue weighted by molar-refractivity contribution is 7.79. The first kappa shape index (κ1) is 11.3. The summed E-state index contributed by atoms with van der Waals surface area (Å²) in [6.07, 6.45) is 0.679. The predicted molar refractivity (Wildman–Crippen MR) is 37.7 cm³/mol. The van der Waals surface area contributed by atoms with E-state index in [-0.39, 0.29) is 12.0 Å². The first-order chi connectivity index (χ1) is 5.30. The fourth-order valence-electron chi connectivity index (χ4n) is 0.511. The fourth-order valence-corrected chi connectivity index (χ4v) is 0.511. The maximum Gasteiger partial charge on any atom is 0.394 e. The topological polar surface area (TPSA) is 127 Å². The Labute approximate surface area is 69.1 Å². The molecule has 8 heteroatoms. The van der Waals surface area contributed by atoms with Gasteiger partial charge in [-0.25, -0.2) is 0 Å². The van der Waals surface area contributed by atoms with Gasteiger partial charge in [-0.3, -0.25) is 13.9 Å². The number of rotatable bonds is 0. The van der Waals surface area contributed by atoms with E-state index in [2.05, 4.69) is 4.74 Å². The Morgan fingerprint density at radius 1 is 1.50 bits per heavy atom. The van der Waals surface area contributed by atoms with Gasteiger partial charge in [-0.2, -0.15) is 8.42 Å². The van der Waals surface area contributed by atoms with Crippen LogP contribution < -0.4 is 5.73 Å². The van der Waals surface area contributed by atoms with Crippen LogP contribution in [0, 0.1) is 0 Å². The fraction of sp³-hybridized carbons (Fsp3) is 0.750. The molecule has 0 spiro atoms. The van der Waals surface area contributed by atoms with Crippen molar-refractivity contribution in [3.63, 3.8) is 0 Å². The zero-order chi connectivity index (χ0) is 9.78. The lowest BCUT2D eigenvalue weighted by Gasteiger charge is -1.89. The van der Waals surface area contributed by atoms with E-state index in [1.165, 1.54) is 0 Å². The monoisotopic (exact) mass is 199 g/mol. The molecule has 1 aliphatic heterocycles. The van der Waals surface area contributed by atoms with Crippen molar-refractivity contribution in [3.05, 3.63) is 0 Å². The standard InChI is InChI=1S/C4H7NO2.H2O4S/c5-3-1-2-7-4(3)6;1-5(2,3)4/h3H,1-2,5H2;(H2,1,2,3,4)/t3-;/m0./s1. The molecule has 12 heavy (non-hydrogen) atoms. The normalized spacial score (nSPS) is 22.6. The quantitative estimate of drug-likeness (QED) is 0.323. The lowest BCUT2D eigenvalue weighted by atomic mass is 10.3. The van der Waals surface area contributed by atoms with Gasteiger partial charge in [0.25, 0.3) is 0 Å². The number of carbonyl (C=O) groups excluding carboxylic acids is 1. The van der Waals surface area contributed by atoms with Crippen molar-refractivity contribution in [3.8, 4) is 0 Å². The van der Waals surface area contributed by atoms with Crippen LogP contribution in [0.2, 0.25) is 0 Å². The van der Waals surface area contributed by atoms with Crippen molar-refractivity contribution >= 4 is 16.4 Å². The summed E-state index contributed by atoms with van der Waals surface area (Å²) in [6.45, 7) is 0.500. The van der Waals surface area contributed by atoms with Crippen molar-refractivity contribution in [2.45, 2.75) is 12.5 Å². The van der Waals surface area contributed by atoms with Crippen LogP contribution in [-0.2, 0) is 19.9 Å². The van der Waals surface area contributed by atoms with E-state index in [0.29, 0.717) is 13.0 Å². The SMILES string of the molecule is N[C@H]1CCOC1=O.O=S(=O)(O)O. The van der Waals surface area contributed by atoms with Crippen molar-refractivity contribution in [2.24, 2.45) is 5.73 Å². The third kappa shape index (κ3) is 7.41. The highest BCUT2D eigenvalue weighted by Crippen LogP contribution is 2.00. The maximum absolute atomic E-state index is 10.2. The largest absolute Gasteiger partial charge is 0.464 e. The Morgan fingerprint density at radius 2 is 1.92 bits per heavy atom. The van der Waals surface area contributed by atoms with Gasteiger partial charge in [0.05, 0.1) is 6.61 Å². The number of ether oxygens (including phenoxy) is 1. The summed E-state index contributed by atoms with van der Waals surface area (Å²) < 4.78 is 36.1. The van der Waals surface area contributed by atoms with Crippen LogP contribution in [0.3, 0.4) is 0 Å². The summed E-state index contributed by atoms with van der Waals surface area (Å²) in [5.41, 5.74) is 5.20. The zero-order valence-electron chi connectivity index (χ0n) is 6.00. The number of esters is 1. The maximum atomic E-state index is 10.2. The van der Waals surface area contributed by atoms with Gasteiger partial charge in [-0.05, 0) is 0 Å². The van der Waals surface area contributed by atoms with Crippen molar-refractivity contribution in [1.29, 1.82) is 0 Å². The van der Waals surface area contributed by atoms with Gasteiger partial charge in [-0.15, -0.1) is 0 Å². The molecule has 1 saturated heterocycles. The minimum absolute atomic E-state index is 0.264. The highest BCUT2D eigenvalue weighted by Gasteiger charge is 2.20. The number of hydrogen-bond acceptors (Lipinski definition) is 5. The average Bonchev–Trinajstić information content (AvgIpc) is 2.12. The van der Waals surface area contributed by atoms with E-state index in [4.69, 9.17) is 23.3 Å². The smallest absolute Gasteiger partial charge is 0.394 e. The molecular formula is C4H9NO6S. The molecule has 0 bridgehead atoms. The van der Waals surface area contributed by atoms with E-state index < -0.39 is 10.4 Å². The first-order valence-corrected chi connectivity index (χ1v) is 4.32. The predicted octanol–water partition coefficient (Wildman–Crippen LogP) is -1.39. The molecule has 0 aromatic rings. The second-order valence-corrected chi connectivity index (χ2v) is 2.91. The van der Waals surface area contributed by atoms with Crippen molar-refractivity contribution in [2.75, 3.05) is 6.61 Å². The Balaban J connectivity index is 0.000000217. The summed E-state index contributed by atoms with van der Waals surface area (Å²) in [5, 5.41) is 0. The van der Waals surface area contributed by atoms with Crippen LogP contribution in [0.1, 0.15) is 6.42 Å². The molecule has 7 nitrogen and oxygen atoms in total. The van der Waals surface area contributed by atoms with E-state index in [0.717, 1.165) is 0 Å². The number of hydrogen-bond donors (Lipinski definition) is 3. The van der Waals surface area contributed by atoms with Gasteiger partial charge in [0.15, 0.2) is 0 Å². The van der Waals surface area contributed by atoms with Crippen molar-refractivity contribution in [1.82, 2.24) is 0 Å². The summed E-state index contributed by atoms with van der Waals surface area (Å²) in [6, 6.07) is -0.347. The van der Waals surface area contributed by atoms with Gasteiger partial charge >= 0.3 is 16.4 Å². The van der Waals surface area contributed by atoms with Crippen LogP contribution in [-0.4, -0.2) is 36.1 Å². The van der Waals surface area contributed by atoms with Gasteiger partial charge in [0.1, 0.15) is 6.04 Å². The summed E-state index contributed by atoms with van der Waals surface area (Å²) in [5.74, 6) is -0.264. The molecule has 1 rings (SSSR count). The molecular weight excluding hydrogens is 190 g/mol. The van der Waals surface area contributed by atoms with Gasteiger partial charge < -0.3 is 10.5 Å². The van der Waals surface area contributed by atoms with E-state index in [1.807, 2.05) is 0 Å². The molecule has 0 unspecified atom stereocenters. The molecule has 0 saturated carbocycles. The lowest BCUT2D eigenvalue weighted by molar-refractivity contribution is -0.139. The summed E-state index contributed by atoms with van der Waals surface area (Å²) in [7, 11) is -4.67. The minimum atomic E-state index is -4.67. The average molecular weight is 199 g/mol. The molecule has 1 aliphatic rings. The molecule has 1 fully saturated rings. The third-order valence-corrected chi connectivity index (χ3v) is 0.976. The van der Waals surface area contributed by atoms with Gasteiger partial charge in [0, 0.05) is 6.42 Å². The molecule has 1 atom stereocenters. The third-order valence-electron chi connectivity index (χ3n) is 0.976. The van der Waals surface area contributed by atoms with E-state index in [1.54, 1.807) is 0 Å². The second-order valence-electron chi connectivity index (χ2n) is 2.01. The molecule has 0 radical (unpaired) electrons. The first-order valence-electron chi connectivity index (χ1n) is 2.93. The zero-order valence-corrected chi connectivity index (χ0v) is 6.82. The molecule has 4 N–H and O–H groups in total. The van der Waals surface area contributed by atoms with Crippen molar-refractivity contribution < 1.29 is 27.1 Å². The Kier molecular flexibility index (Phi) is 4.10. The lowest BCUT2D eigenvalue weighted by Crippen LogP contribution is -2.24. The van der Waals surface area contributed by atoms with Gasteiger partial charge in [-0.1, -0.05) is 0 Å². The van der Waals surface area contributed by atoms with Crippen LogP contribution in [0.5, 0.6) is 0 Å². The highest BCUT2D eigenvalue weighted by atomic mass is 32.3. The summed E-state index contributed by atoms with van der Waals surface area (Å²) >= 11 is 0. The Hall–Kier alpha value is -0.700. The molecule has 72 valence electrons. The molecule has 0 amide bonds. The Morgan fingerprint density at radius 3 is 2.00 bits per heavy atom. The van der Waals surface area contributed by atoms with E-state index in [9.17, 15) is 4.79 Å². The van der Waals surface area contributed by atoms with Crippen LogP contribution in [0.4, 0.5) is 0 Å². The molecule has 0 aromatic heterocycles. The number of cyclic esters (lactones) is 1. The number of carbonyl (C=O) groups is 1. The second kappa shape index (κ2) is 4.36. The van der Waals surface area contributed by atoms with Crippen LogP contribution in [0.25, 0.3) is 0 Å². The molecule has 1 heterocycles. The molecule has 0 aromatic carbocycles. The summed E-state index contributed by atoms with van der Waals surface area (Å²) in [4.78, 5) is 10.2.